The van der Waals surface area contributed by atoms with Crippen molar-refractivity contribution in [2.75, 3.05) is 26.8 Å². The number of nitrogens with two attached hydrogens (primary N) is 2. The van der Waals surface area contributed by atoms with Crippen LogP contribution in [0, 0.1) is 0 Å². The van der Waals surface area contributed by atoms with Crippen LogP contribution in [-0.4, -0.2) is 50.1 Å². The molecule has 5 heteroatoms. The van der Waals surface area contributed by atoms with Gasteiger partial charge in [0.05, 0.1) is 18.8 Å². The van der Waals surface area contributed by atoms with Gasteiger partial charge in [-0.2, -0.15) is 0 Å². The molecule has 4 N–H and O–H groups in total. The maximum atomic E-state index is 5.81. The summed E-state index contributed by atoms with van der Waals surface area (Å²) in [5.74, 6) is 5.60. The van der Waals surface area contributed by atoms with Crippen LogP contribution >= 0.6 is 0 Å². The van der Waals surface area contributed by atoms with Crippen LogP contribution in [0.4, 0.5) is 0 Å². The first-order valence-electron chi connectivity index (χ1n) is 4.53. The van der Waals surface area contributed by atoms with Crippen LogP contribution in [0.1, 0.15) is 6.92 Å². The molecule has 78 valence electrons. The van der Waals surface area contributed by atoms with Crippen LogP contribution in [0.2, 0.25) is 0 Å². The molecule has 0 saturated carbocycles. The largest absolute Gasteiger partial charge is 0.379 e. The molecule has 0 aromatic carbocycles. The molecule has 5 nitrogen and oxygen atoms in total. The molecular weight excluding hydrogens is 170 g/mol. The molecule has 0 aliphatic carbocycles. The highest BCUT2D eigenvalue weighted by Crippen LogP contribution is 2.08. The normalized spacial score (nSPS) is 32.3. The summed E-state index contributed by atoms with van der Waals surface area (Å²) in [6, 6.07) is 0.0223. The standard InChI is InChI=1S/C8H19N3O2/c1-6(12-2)5-13-8-4-11(10)3-7(8)9/h6-8H,3-5,9-10H2,1-2H3. The lowest BCUT2D eigenvalue weighted by molar-refractivity contribution is -0.0200. The summed E-state index contributed by atoms with van der Waals surface area (Å²) in [6.45, 7) is 3.94. The van der Waals surface area contributed by atoms with E-state index in [1.807, 2.05) is 6.92 Å². The van der Waals surface area contributed by atoms with Crippen LogP contribution < -0.4 is 11.6 Å². The molecule has 0 radical (unpaired) electrons. The van der Waals surface area contributed by atoms with Crippen molar-refractivity contribution in [2.45, 2.75) is 25.2 Å². The van der Waals surface area contributed by atoms with E-state index in [4.69, 9.17) is 21.1 Å². The van der Waals surface area contributed by atoms with E-state index >= 15 is 0 Å². The molecule has 0 aromatic rings. The fraction of sp³-hybridized carbons (Fsp3) is 1.00. The van der Waals surface area contributed by atoms with Crippen molar-refractivity contribution in [3.8, 4) is 0 Å². The van der Waals surface area contributed by atoms with E-state index in [9.17, 15) is 0 Å². The van der Waals surface area contributed by atoms with Gasteiger partial charge in [-0.3, -0.25) is 5.84 Å². The molecule has 1 rings (SSSR count). The van der Waals surface area contributed by atoms with Gasteiger partial charge in [-0.05, 0) is 6.92 Å². The fourth-order valence-corrected chi connectivity index (χ4v) is 1.33. The summed E-state index contributed by atoms with van der Waals surface area (Å²) >= 11 is 0. The second-order valence-corrected chi connectivity index (χ2v) is 3.54. The van der Waals surface area contributed by atoms with Crippen molar-refractivity contribution in [2.24, 2.45) is 11.6 Å². The Bertz CT molecular complexity index is 156. The summed E-state index contributed by atoms with van der Waals surface area (Å²) in [5, 5.41) is 1.69. The lowest BCUT2D eigenvalue weighted by Crippen LogP contribution is -2.36. The number of rotatable bonds is 4. The Kier molecular flexibility index (Phi) is 4.08. The second kappa shape index (κ2) is 4.88. The predicted molar refractivity (Wildman–Crippen MR) is 49.9 cm³/mol. The van der Waals surface area contributed by atoms with Crippen LogP contribution in [0.15, 0.2) is 0 Å². The topological polar surface area (TPSA) is 73.7 Å². The first kappa shape index (κ1) is 10.9. The number of hydrogen-bond donors (Lipinski definition) is 2. The van der Waals surface area contributed by atoms with E-state index in [-0.39, 0.29) is 18.2 Å². The van der Waals surface area contributed by atoms with E-state index in [1.165, 1.54) is 0 Å². The monoisotopic (exact) mass is 189 g/mol. The molecule has 1 aliphatic rings. The molecule has 1 saturated heterocycles. The van der Waals surface area contributed by atoms with Gasteiger partial charge < -0.3 is 15.2 Å². The fourth-order valence-electron chi connectivity index (χ4n) is 1.33. The van der Waals surface area contributed by atoms with Gasteiger partial charge in [-0.15, -0.1) is 0 Å². The smallest absolute Gasteiger partial charge is 0.0880 e. The van der Waals surface area contributed by atoms with Gasteiger partial charge >= 0.3 is 0 Å². The van der Waals surface area contributed by atoms with Gasteiger partial charge in [-0.1, -0.05) is 0 Å². The van der Waals surface area contributed by atoms with Gasteiger partial charge in [0.1, 0.15) is 0 Å². The molecule has 3 unspecified atom stereocenters. The highest BCUT2D eigenvalue weighted by atomic mass is 16.5. The Morgan fingerprint density at radius 3 is 2.69 bits per heavy atom. The first-order valence-corrected chi connectivity index (χ1v) is 4.53. The highest BCUT2D eigenvalue weighted by molar-refractivity contribution is 4.85. The molecule has 1 heterocycles. The Hall–Kier alpha value is -0.200. The molecule has 1 fully saturated rings. The van der Waals surface area contributed by atoms with Crippen LogP contribution in [0.5, 0.6) is 0 Å². The molecule has 0 aromatic heterocycles. The van der Waals surface area contributed by atoms with Crippen molar-refractivity contribution in [3.05, 3.63) is 0 Å². The van der Waals surface area contributed by atoms with E-state index in [1.54, 1.807) is 12.1 Å². The van der Waals surface area contributed by atoms with Gasteiger partial charge in [0.25, 0.3) is 0 Å². The van der Waals surface area contributed by atoms with Gasteiger partial charge in [0, 0.05) is 26.2 Å². The number of nitrogens with zero attached hydrogens (tertiary/aromatic N) is 1. The lowest BCUT2D eigenvalue weighted by Gasteiger charge is -2.17. The Morgan fingerprint density at radius 1 is 1.54 bits per heavy atom. The zero-order chi connectivity index (χ0) is 9.84. The second-order valence-electron chi connectivity index (χ2n) is 3.54. The molecule has 0 spiro atoms. The number of hydrogen-bond acceptors (Lipinski definition) is 5. The van der Waals surface area contributed by atoms with E-state index in [0.29, 0.717) is 19.7 Å². The maximum Gasteiger partial charge on any atom is 0.0880 e. The van der Waals surface area contributed by atoms with Gasteiger partial charge in [0.15, 0.2) is 0 Å². The zero-order valence-corrected chi connectivity index (χ0v) is 8.27. The Morgan fingerprint density at radius 2 is 2.23 bits per heavy atom. The molecule has 3 atom stereocenters. The quantitative estimate of drug-likeness (QED) is 0.550. The van der Waals surface area contributed by atoms with Crippen molar-refractivity contribution in [1.82, 2.24) is 5.01 Å². The molecule has 1 aliphatic heterocycles. The summed E-state index contributed by atoms with van der Waals surface area (Å²) in [6.07, 6.45) is 0.154. The van der Waals surface area contributed by atoms with Crippen LogP contribution in [-0.2, 0) is 9.47 Å². The van der Waals surface area contributed by atoms with Crippen LogP contribution in [0.25, 0.3) is 0 Å². The molecular formula is C8H19N3O2. The van der Waals surface area contributed by atoms with E-state index in [0.717, 1.165) is 0 Å². The maximum absolute atomic E-state index is 5.81. The molecule has 0 bridgehead atoms. The predicted octanol–water partition coefficient (Wildman–Crippen LogP) is -1.08. The summed E-state index contributed by atoms with van der Waals surface area (Å²) < 4.78 is 10.6. The Labute approximate surface area is 78.9 Å². The highest BCUT2D eigenvalue weighted by Gasteiger charge is 2.29. The van der Waals surface area contributed by atoms with Gasteiger partial charge in [0.2, 0.25) is 0 Å². The third-order valence-corrected chi connectivity index (χ3v) is 2.28. The minimum absolute atomic E-state index is 0.0223. The van der Waals surface area contributed by atoms with Crippen molar-refractivity contribution >= 4 is 0 Å². The average molecular weight is 189 g/mol. The minimum Gasteiger partial charge on any atom is -0.379 e. The first-order chi connectivity index (χ1) is 6.13. The molecule has 13 heavy (non-hydrogen) atoms. The van der Waals surface area contributed by atoms with E-state index in [2.05, 4.69) is 0 Å². The third kappa shape index (κ3) is 3.21. The lowest BCUT2D eigenvalue weighted by atomic mass is 10.2. The summed E-state index contributed by atoms with van der Waals surface area (Å²) in [4.78, 5) is 0. The zero-order valence-electron chi connectivity index (χ0n) is 8.27. The Balaban J connectivity index is 2.21. The van der Waals surface area contributed by atoms with Gasteiger partial charge in [-0.25, -0.2) is 5.01 Å². The van der Waals surface area contributed by atoms with E-state index < -0.39 is 0 Å². The van der Waals surface area contributed by atoms with Crippen molar-refractivity contribution in [1.29, 1.82) is 0 Å². The van der Waals surface area contributed by atoms with Crippen molar-refractivity contribution in [3.63, 3.8) is 0 Å². The summed E-state index contributed by atoms with van der Waals surface area (Å²) in [7, 11) is 1.66. The number of methoxy groups -OCH3 is 1. The minimum atomic E-state index is 0.0223. The third-order valence-electron chi connectivity index (χ3n) is 2.28. The number of hydrazine groups is 1. The number of ether oxygens (including phenoxy) is 2. The van der Waals surface area contributed by atoms with Crippen molar-refractivity contribution < 1.29 is 9.47 Å². The summed E-state index contributed by atoms with van der Waals surface area (Å²) in [5.41, 5.74) is 5.81. The molecule has 0 amide bonds. The van der Waals surface area contributed by atoms with Crippen LogP contribution in [0.3, 0.4) is 0 Å². The average Bonchev–Trinajstić information content (AvgIpc) is 2.41. The SMILES string of the molecule is COC(C)COC1CN(N)CC1N.